The molecule has 0 aliphatic carbocycles. The molecule has 4 aromatic rings. The number of benzene rings is 4. The summed E-state index contributed by atoms with van der Waals surface area (Å²) < 4.78 is 48.4. The summed E-state index contributed by atoms with van der Waals surface area (Å²) >= 11 is 0. The molecule has 0 bridgehead atoms. The van der Waals surface area contributed by atoms with E-state index in [2.05, 4.69) is 0 Å². The van der Waals surface area contributed by atoms with Crippen molar-refractivity contribution in [2.75, 3.05) is 0 Å². The van der Waals surface area contributed by atoms with Crippen LogP contribution < -0.4 is 23.4 Å². The summed E-state index contributed by atoms with van der Waals surface area (Å²) in [5.41, 5.74) is 0. The van der Waals surface area contributed by atoms with Crippen molar-refractivity contribution in [3.05, 3.63) is 115 Å². The minimum absolute atomic E-state index is 0.236. The molecular formula is C24H20O6P2. The van der Waals surface area contributed by atoms with Crippen LogP contribution in [0.2, 0.25) is 0 Å². The SMILES string of the molecule is O=[PH](Oc1ccccc1)Oc1cccc(OP(=O)(Oc2ccccc2)c2ccccc2)c1. The van der Waals surface area contributed by atoms with Crippen molar-refractivity contribution in [1.29, 1.82) is 0 Å². The summed E-state index contributed by atoms with van der Waals surface area (Å²) in [6.07, 6.45) is 0. The third kappa shape index (κ3) is 5.82. The van der Waals surface area contributed by atoms with Gasteiger partial charge in [0, 0.05) is 6.07 Å². The van der Waals surface area contributed by atoms with Gasteiger partial charge in [-0.05, 0) is 48.5 Å². The van der Waals surface area contributed by atoms with Gasteiger partial charge in [0.05, 0.1) is 5.30 Å². The molecule has 8 heteroatoms. The van der Waals surface area contributed by atoms with Gasteiger partial charge in [0.2, 0.25) is 0 Å². The van der Waals surface area contributed by atoms with E-state index >= 15 is 0 Å². The van der Waals surface area contributed by atoms with Crippen molar-refractivity contribution in [2.45, 2.75) is 0 Å². The molecule has 0 radical (unpaired) electrons. The molecule has 0 aromatic heterocycles. The fourth-order valence-corrected chi connectivity index (χ4v) is 5.06. The second-order valence-electron chi connectivity index (χ2n) is 6.57. The van der Waals surface area contributed by atoms with Gasteiger partial charge in [-0.1, -0.05) is 60.7 Å². The zero-order valence-electron chi connectivity index (χ0n) is 16.9. The molecule has 0 spiro atoms. The van der Waals surface area contributed by atoms with Gasteiger partial charge >= 0.3 is 15.9 Å². The third-order valence-electron chi connectivity index (χ3n) is 4.22. The van der Waals surface area contributed by atoms with Crippen molar-refractivity contribution in [1.82, 2.24) is 0 Å². The lowest BCUT2D eigenvalue weighted by atomic mass is 10.3. The Balaban J connectivity index is 1.54. The van der Waals surface area contributed by atoms with Crippen LogP contribution in [0.15, 0.2) is 115 Å². The lowest BCUT2D eigenvalue weighted by Gasteiger charge is -2.20. The van der Waals surface area contributed by atoms with Crippen LogP contribution in [0.25, 0.3) is 0 Å². The third-order valence-corrected chi connectivity index (χ3v) is 6.86. The first-order chi connectivity index (χ1) is 15.6. The number of hydrogen-bond acceptors (Lipinski definition) is 6. The van der Waals surface area contributed by atoms with Gasteiger partial charge < -0.3 is 18.1 Å². The van der Waals surface area contributed by atoms with E-state index in [1.165, 1.54) is 6.07 Å². The van der Waals surface area contributed by atoms with E-state index < -0.39 is 15.9 Å². The van der Waals surface area contributed by atoms with E-state index in [9.17, 15) is 9.13 Å². The molecule has 0 saturated carbocycles. The average Bonchev–Trinajstić information content (AvgIpc) is 2.81. The van der Waals surface area contributed by atoms with Crippen LogP contribution in [0.4, 0.5) is 0 Å². The van der Waals surface area contributed by atoms with Crippen LogP contribution >= 0.6 is 15.9 Å². The lowest BCUT2D eigenvalue weighted by Crippen LogP contribution is -2.14. The summed E-state index contributed by atoms with van der Waals surface area (Å²) in [5, 5.41) is 0.399. The molecule has 0 heterocycles. The molecule has 0 fully saturated rings. The molecule has 6 nitrogen and oxygen atoms in total. The van der Waals surface area contributed by atoms with Gasteiger partial charge in [-0.3, -0.25) is 0 Å². The lowest BCUT2D eigenvalue weighted by molar-refractivity contribution is 0.397. The molecule has 2 unspecified atom stereocenters. The Hall–Kier alpha value is -3.46. The van der Waals surface area contributed by atoms with Gasteiger partial charge in [0.15, 0.2) is 0 Å². The molecule has 0 saturated heterocycles. The molecule has 4 rings (SSSR count). The molecule has 0 aliphatic rings. The largest absolute Gasteiger partial charge is 0.462 e. The van der Waals surface area contributed by atoms with E-state index in [1.54, 1.807) is 91.0 Å². The standard InChI is InChI=1S/C24H20O6P2/c25-31(27-20-11-4-1-5-12-20)28-22-15-10-16-23(19-22)30-32(26,24-17-8-3-9-18-24)29-21-13-6-2-7-14-21/h1-19,31H. The maximum absolute atomic E-state index is 13.8. The summed E-state index contributed by atoms with van der Waals surface area (Å²) in [6.45, 7) is 0. The molecule has 0 N–H and O–H groups in total. The van der Waals surface area contributed by atoms with E-state index in [4.69, 9.17) is 18.1 Å². The van der Waals surface area contributed by atoms with Gasteiger partial charge in [-0.25, -0.2) is 9.13 Å². The van der Waals surface area contributed by atoms with Crippen LogP contribution in [0.1, 0.15) is 0 Å². The van der Waals surface area contributed by atoms with Crippen LogP contribution in [-0.4, -0.2) is 0 Å². The smallest absolute Gasteiger partial charge is 0.418 e. The van der Waals surface area contributed by atoms with Gasteiger partial charge in [0.1, 0.15) is 23.0 Å². The normalized spacial score (nSPS) is 13.4. The van der Waals surface area contributed by atoms with Crippen molar-refractivity contribution in [3.63, 3.8) is 0 Å². The first kappa shape index (κ1) is 21.8. The number of para-hydroxylation sites is 2. The predicted molar refractivity (Wildman–Crippen MR) is 125 cm³/mol. The van der Waals surface area contributed by atoms with Gasteiger partial charge in [0.25, 0.3) is 0 Å². The second kappa shape index (κ2) is 10.2. The predicted octanol–water partition coefficient (Wildman–Crippen LogP) is 6.51. The Morgan fingerprint density at radius 3 is 1.66 bits per heavy atom. The highest BCUT2D eigenvalue weighted by Crippen LogP contribution is 2.48. The fraction of sp³-hybridized carbons (Fsp3) is 0. The highest BCUT2D eigenvalue weighted by molar-refractivity contribution is 7.63. The van der Waals surface area contributed by atoms with Crippen molar-refractivity contribution in [2.24, 2.45) is 0 Å². The summed E-state index contributed by atoms with van der Waals surface area (Å²) in [4.78, 5) is 0. The Morgan fingerprint density at radius 1 is 0.531 bits per heavy atom. The van der Waals surface area contributed by atoms with Crippen LogP contribution in [0.5, 0.6) is 23.0 Å². The molecule has 162 valence electrons. The number of rotatable bonds is 9. The Labute approximate surface area is 186 Å². The van der Waals surface area contributed by atoms with E-state index in [0.717, 1.165) is 0 Å². The molecule has 2 atom stereocenters. The Kier molecular flexibility index (Phi) is 6.96. The maximum atomic E-state index is 13.8. The highest BCUT2D eigenvalue weighted by Gasteiger charge is 2.31. The van der Waals surface area contributed by atoms with Crippen molar-refractivity contribution < 1.29 is 27.2 Å². The maximum Gasteiger partial charge on any atom is 0.462 e. The van der Waals surface area contributed by atoms with Crippen molar-refractivity contribution in [3.8, 4) is 23.0 Å². The number of hydrogen-bond donors (Lipinski definition) is 0. The molecular weight excluding hydrogens is 446 g/mol. The topological polar surface area (TPSA) is 71.1 Å². The quantitative estimate of drug-likeness (QED) is 0.262. The molecule has 0 aliphatic heterocycles. The second-order valence-corrected chi connectivity index (χ2v) is 9.36. The Bertz CT molecular complexity index is 1220. The summed E-state index contributed by atoms with van der Waals surface area (Å²) in [6, 6.07) is 32.6. The van der Waals surface area contributed by atoms with E-state index in [0.29, 0.717) is 16.8 Å². The van der Waals surface area contributed by atoms with Gasteiger partial charge in [-0.2, -0.15) is 0 Å². The van der Waals surface area contributed by atoms with Crippen LogP contribution in [0, 0.1) is 0 Å². The van der Waals surface area contributed by atoms with E-state index in [1.807, 2.05) is 18.2 Å². The monoisotopic (exact) mass is 466 g/mol. The van der Waals surface area contributed by atoms with Crippen LogP contribution in [0.3, 0.4) is 0 Å². The van der Waals surface area contributed by atoms with Gasteiger partial charge in [-0.15, -0.1) is 0 Å². The minimum atomic E-state index is -3.78. The summed E-state index contributed by atoms with van der Waals surface area (Å²) in [7, 11) is -6.64. The zero-order valence-corrected chi connectivity index (χ0v) is 18.8. The van der Waals surface area contributed by atoms with E-state index in [-0.39, 0.29) is 11.5 Å². The van der Waals surface area contributed by atoms with Crippen LogP contribution in [-0.2, 0) is 9.13 Å². The Morgan fingerprint density at radius 2 is 1.00 bits per heavy atom. The zero-order chi connectivity index (χ0) is 22.2. The molecule has 32 heavy (non-hydrogen) atoms. The average molecular weight is 466 g/mol. The molecule has 4 aromatic carbocycles. The highest BCUT2D eigenvalue weighted by atomic mass is 31.2. The minimum Gasteiger partial charge on any atom is -0.418 e. The first-order valence-electron chi connectivity index (χ1n) is 9.75. The molecule has 0 amide bonds. The first-order valence-corrected chi connectivity index (χ1v) is 12.5. The fourth-order valence-electron chi connectivity index (χ4n) is 2.79. The summed E-state index contributed by atoms with van der Waals surface area (Å²) in [5.74, 6) is 1.34. The van der Waals surface area contributed by atoms with Crippen molar-refractivity contribution >= 4 is 21.2 Å².